The fraction of sp³-hybridized carbons (Fsp3) is 0.636. The molecule has 2 heterocycles. The van der Waals surface area contributed by atoms with E-state index in [2.05, 4.69) is 0 Å². The zero-order valence-electron chi connectivity index (χ0n) is 16.8. The van der Waals surface area contributed by atoms with Gasteiger partial charge in [0.15, 0.2) is 11.5 Å². The molecular weight excluding hydrogens is 374 g/mol. The summed E-state index contributed by atoms with van der Waals surface area (Å²) in [7, 11) is 0. The summed E-state index contributed by atoms with van der Waals surface area (Å²) >= 11 is 0. The molecule has 0 aromatic heterocycles. The lowest BCUT2D eigenvalue weighted by molar-refractivity contribution is -0.137. The van der Waals surface area contributed by atoms with Crippen LogP contribution in [0.1, 0.15) is 63.4 Å². The SMILES string of the molecule is O=C(O)CCCCCCN1C(=O)CC[C@@H]1CCC(O)Cc1ccc2c(c1)OCO2. The number of hydrogen-bond donors (Lipinski definition) is 2. The zero-order chi connectivity index (χ0) is 20.6. The number of amides is 1. The average Bonchev–Trinajstić information content (AvgIpc) is 3.29. The van der Waals surface area contributed by atoms with E-state index in [0.717, 1.165) is 55.7 Å². The number of unbranched alkanes of at least 4 members (excludes halogenated alkanes) is 3. The van der Waals surface area contributed by atoms with Gasteiger partial charge in [-0.25, -0.2) is 0 Å². The number of ether oxygens (including phenoxy) is 2. The van der Waals surface area contributed by atoms with Crippen molar-refractivity contribution in [2.75, 3.05) is 13.3 Å². The first-order valence-corrected chi connectivity index (χ1v) is 10.6. The first-order valence-electron chi connectivity index (χ1n) is 10.6. The van der Waals surface area contributed by atoms with E-state index in [1.54, 1.807) is 0 Å². The second kappa shape index (κ2) is 10.5. The smallest absolute Gasteiger partial charge is 0.303 e. The number of carbonyl (C=O) groups excluding carboxylic acids is 1. The molecule has 2 aliphatic rings. The highest BCUT2D eigenvalue weighted by molar-refractivity contribution is 5.78. The maximum absolute atomic E-state index is 12.2. The molecule has 1 fully saturated rings. The van der Waals surface area contributed by atoms with Crippen LogP contribution in [0.25, 0.3) is 0 Å². The fourth-order valence-corrected chi connectivity index (χ4v) is 4.14. The van der Waals surface area contributed by atoms with E-state index in [-0.39, 0.29) is 25.2 Å². The molecule has 2 atom stereocenters. The molecule has 160 valence electrons. The van der Waals surface area contributed by atoms with Crippen molar-refractivity contribution in [3.8, 4) is 11.5 Å². The van der Waals surface area contributed by atoms with Crippen LogP contribution < -0.4 is 9.47 Å². The van der Waals surface area contributed by atoms with Gasteiger partial charge in [-0.2, -0.15) is 0 Å². The Labute approximate surface area is 171 Å². The number of aliphatic carboxylic acids is 1. The molecule has 1 aromatic rings. The van der Waals surface area contributed by atoms with Crippen LogP contribution in [0.3, 0.4) is 0 Å². The van der Waals surface area contributed by atoms with Crippen LogP contribution in [-0.4, -0.2) is 52.5 Å². The number of benzene rings is 1. The minimum atomic E-state index is -0.751. The Bertz CT molecular complexity index is 707. The summed E-state index contributed by atoms with van der Waals surface area (Å²) in [5, 5.41) is 19.1. The lowest BCUT2D eigenvalue weighted by Crippen LogP contribution is -2.34. The molecule has 0 spiro atoms. The van der Waals surface area contributed by atoms with Gasteiger partial charge in [-0.05, 0) is 56.2 Å². The van der Waals surface area contributed by atoms with Crippen LogP contribution >= 0.6 is 0 Å². The van der Waals surface area contributed by atoms with Crippen LogP contribution in [0.2, 0.25) is 0 Å². The Morgan fingerprint density at radius 2 is 1.97 bits per heavy atom. The lowest BCUT2D eigenvalue weighted by atomic mass is 10.00. The number of fused-ring (bicyclic) bond motifs is 1. The van der Waals surface area contributed by atoms with E-state index in [0.29, 0.717) is 25.7 Å². The van der Waals surface area contributed by atoms with Crippen molar-refractivity contribution >= 4 is 11.9 Å². The normalized spacial score (nSPS) is 19.0. The lowest BCUT2D eigenvalue weighted by Gasteiger charge is -2.26. The van der Waals surface area contributed by atoms with Crippen LogP contribution in [-0.2, 0) is 16.0 Å². The maximum atomic E-state index is 12.2. The molecule has 3 rings (SSSR count). The molecule has 7 heteroatoms. The summed E-state index contributed by atoms with van der Waals surface area (Å²) in [6, 6.07) is 5.94. The summed E-state index contributed by atoms with van der Waals surface area (Å²) in [6.45, 7) is 0.973. The molecule has 2 N–H and O–H groups in total. The van der Waals surface area contributed by atoms with Gasteiger partial charge in [0, 0.05) is 25.4 Å². The van der Waals surface area contributed by atoms with E-state index >= 15 is 0 Å². The summed E-state index contributed by atoms with van der Waals surface area (Å²) in [5.74, 6) is 0.918. The second-order valence-electron chi connectivity index (χ2n) is 7.96. The third-order valence-corrected chi connectivity index (χ3v) is 5.73. The number of carboxylic acids is 1. The van der Waals surface area contributed by atoms with Crippen molar-refractivity contribution in [3.05, 3.63) is 23.8 Å². The first kappa shape index (κ1) is 21.4. The highest BCUT2D eigenvalue weighted by Crippen LogP contribution is 2.33. The molecule has 1 unspecified atom stereocenters. The minimum Gasteiger partial charge on any atom is -0.481 e. The van der Waals surface area contributed by atoms with E-state index in [1.165, 1.54) is 0 Å². The second-order valence-corrected chi connectivity index (χ2v) is 7.96. The third-order valence-electron chi connectivity index (χ3n) is 5.73. The van der Waals surface area contributed by atoms with Crippen molar-refractivity contribution < 1.29 is 29.3 Å². The van der Waals surface area contributed by atoms with Crippen molar-refractivity contribution in [2.24, 2.45) is 0 Å². The highest BCUT2D eigenvalue weighted by atomic mass is 16.7. The number of hydrogen-bond acceptors (Lipinski definition) is 5. The van der Waals surface area contributed by atoms with Crippen molar-refractivity contribution in [1.29, 1.82) is 0 Å². The summed E-state index contributed by atoms with van der Waals surface area (Å²) in [6.07, 6.45) is 6.63. The van der Waals surface area contributed by atoms with Crippen molar-refractivity contribution in [2.45, 2.75) is 76.4 Å². The molecule has 29 heavy (non-hydrogen) atoms. The molecule has 0 bridgehead atoms. The van der Waals surface area contributed by atoms with Crippen LogP contribution in [0, 0.1) is 0 Å². The van der Waals surface area contributed by atoms with Gasteiger partial charge in [-0.1, -0.05) is 18.9 Å². The topological polar surface area (TPSA) is 96.3 Å². The highest BCUT2D eigenvalue weighted by Gasteiger charge is 2.30. The summed E-state index contributed by atoms with van der Waals surface area (Å²) in [5.41, 5.74) is 1.02. The maximum Gasteiger partial charge on any atom is 0.303 e. The van der Waals surface area contributed by atoms with Gasteiger partial charge in [0.25, 0.3) is 0 Å². The Balaban J connectivity index is 1.38. The van der Waals surface area contributed by atoms with Gasteiger partial charge >= 0.3 is 5.97 Å². The molecule has 1 amide bonds. The molecular formula is C22H31NO6. The van der Waals surface area contributed by atoms with E-state index in [9.17, 15) is 14.7 Å². The van der Waals surface area contributed by atoms with Crippen LogP contribution in [0.4, 0.5) is 0 Å². The number of aliphatic hydroxyl groups excluding tert-OH is 1. The van der Waals surface area contributed by atoms with Gasteiger partial charge in [0.05, 0.1) is 6.10 Å². The van der Waals surface area contributed by atoms with Gasteiger partial charge in [0.2, 0.25) is 12.7 Å². The first-order chi connectivity index (χ1) is 14.0. The minimum absolute atomic E-state index is 0.200. The standard InChI is InChI=1S/C22H31NO6/c24-18(13-16-6-10-19-20(14-16)29-15-28-19)9-7-17-8-11-21(25)23(17)12-4-2-1-3-5-22(26)27/h6,10,14,17-18,24H,1-5,7-9,11-13,15H2,(H,26,27)/t17-,18?/m0/s1. The zero-order valence-corrected chi connectivity index (χ0v) is 16.8. The average molecular weight is 405 g/mol. The molecule has 0 aliphatic carbocycles. The summed E-state index contributed by atoms with van der Waals surface area (Å²) < 4.78 is 10.7. The molecule has 1 saturated heterocycles. The molecule has 7 nitrogen and oxygen atoms in total. The Morgan fingerprint density at radius 3 is 2.79 bits per heavy atom. The molecule has 2 aliphatic heterocycles. The fourth-order valence-electron chi connectivity index (χ4n) is 4.14. The van der Waals surface area contributed by atoms with Gasteiger partial charge in [-0.15, -0.1) is 0 Å². The number of aliphatic hydroxyl groups is 1. The number of nitrogens with zero attached hydrogens (tertiary/aromatic N) is 1. The summed E-state index contributed by atoms with van der Waals surface area (Å²) in [4.78, 5) is 24.7. The number of likely N-dealkylation sites (tertiary alicyclic amines) is 1. The third kappa shape index (κ3) is 6.35. The Morgan fingerprint density at radius 1 is 1.17 bits per heavy atom. The predicted molar refractivity (Wildman–Crippen MR) is 107 cm³/mol. The van der Waals surface area contributed by atoms with Gasteiger partial charge in [0.1, 0.15) is 0 Å². The Kier molecular flexibility index (Phi) is 7.75. The quantitative estimate of drug-likeness (QED) is 0.519. The molecule has 0 saturated carbocycles. The van der Waals surface area contributed by atoms with E-state index in [1.807, 2.05) is 23.1 Å². The molecule has 1 aromatic carbocycles. The number of carboxylic acid groups (broad SMARTS) is 1. The van der Waals surface area contributed by atoms with Crippen LogP contribution in [0.15, 0.2) is 18.2 Å². The predicted octanol–water partition coefficient (Wildman–Crippen LogP) is 3.13. The van der Waals surface area contributed by atoms with Gasteiger partial charge < -0.3 is 24.6 Å². The molecule has 0 radical (unpaired) electrons. The number of rotatable bonds is 12. The van der Waals surface area contributed by atoms with Crippen LogP contribution in [0.5, 0.6) is 11.5 Å². The van der Waals surface area contributed by atoms with Crippen molar-refractivity contribution in [1.82, 2.24) is 4.90 Å². The Hall–Kier alpha value is -2.28. The number of carbonyl (C=O) groups is 2. The van der Waals surface area contributed by atoms with Crippen molar-refractivity contribution in [3.63, 3.8) is 0 Å². The van der Waals surface area contributed by atoms with Gasteiger partial charge in [-0.3, -0.25) is 9.59 Å². The van der Waals surface area contributed by atoms with E-state index in [4.69, 9.17) is 14.6 Å². The van der Waals surface area contributed by atoms with E-state index < -0.39 is 12.1 Å². The monoisotopic (exact) mass is 405 g/mol. The largest absolute Gasteiger partial charge is 0.481 e.